The summed E-state index contributed by atoms with van der Waals surface area (Å²) in [5.41, 5.74) is 5.73. The third-order valence-corrected chi connectivity index (χ3v) is 5.91. The number of piperidine rings is 1. The third-order valence-electron chi connectivity index (χ3n) is 4.14. The van der Waals surface area contributed by atoms with Crippen LogP contribution in [0.15, 0.2) is 0 Å². The number of nitrogens with zero attached hydrogens (tertiary/aromatic N) is 1. The van der Waals surface area contributed by atoms with Gasteiger partial charge in [0.1, 0.15) is 0 Å². The average molecular weight is 290 g/mol. The molecular weight excluding hydrogens is 268 g/mol. The van der Waals surface area contributed by atoms with E-state index >= 15 is 0 Å². The van der Waals surface area contributed by atoms with Crippen molar-refractivity contribution in [2.45, 2.75) is 31.4 Å². The van der Waals surface area contributed by atoms with E-state index in [9.17, 15) is 13.2 Å². The number of ether oxygens (including phenoxy) is 1. The quantitative estimate of drug-likeness (QED) is 0.748. The summed E-state index contributed by atoms with van der Waals surface area (Å²) < 4.78 is 28.2. The van der Waals surface area contributed by atoms with Gasteiger partial charge in [0, 0.05) is 26.2 Å². The second kappa shape index (κ2) is 5.76. The van der Waals surface area contributed by atoms with Crippen LogP contribution in [0.3, 0.4) is 0 Å². The standard InChI is InChI=1S/C12H22N2O4S/c1-18-11-2-4-14(10(6-11)7-13)12(15)9-3-5-19(16,17)8-9/h9-11H,2-8,13H2,1H3. The van der Waals surface area contributed by atoms with Crippen LogP contribution in [-0.2, 0) is 19.4 Å². The normalized spacial score (nSPS) is 34.4. The molecule has 2 heterocycles. The first-order chi connectivity index (χ1) is 8.96. The number of carbonyl (C=O) groups excluding carboxylic acids is 1. The van der Waals surface area contributed by atoms with Crippen LogP contribution in [0.2, 0.25) is 0 Å². The molecule has 0 radical (unpaired) electrons. The van der Waals surface area contributed by atoms with Crippen LogP contribution in [0.1, 0.15) is 19.3 Å². The topological polar surface area (TPSA) is 89.7 Å². The van der Waals surface area contributed by atoms with Crippen molar-refractivity contribution in [3.63, 3.8) is 0 Å². The smallest absolute Gasteiger partial charge is 0.227 e. The summed E-state index contributed by atoms with van der Waals surface area (Å²) in [6.45, 7) is 1.00. The van der Waals surface area contributed by atoms with Crippen LogP contribution in [-0.4, -0.2) is 63.1 Å². The summed E-state index contributed by atoms with van der Waals surface area (Å²) in [6.07, 6.45) is 2.11. The van der Waals surface area contributed by atoms with Gasteiger partial charge in [0.05, 0.1) is 23.5 Å². The molecule has 2 N–H and O–H groups in total. The largest absolute Gasteiger partial charge is 0.381 e. The van der Waals surface area contributed by atoms with Gasteiger partial charge >= 0.3 is 0 Å². The lowest BCUT2D eigenvalue weighted by atomic mass is 9.96. The summed E-state index contributed by atoms with van der Waals surface area (Å²) in [5, 5.41) is 0. The van der Waals surface area contributed by atoms with Gasteiger partial charge < -0.3 is 15.4 Å². The van der Waals surface area contributed by atoms with Crippen LogP contribution in [0.25, 0.3) is 0 Å². The van der Waals surface area contributed by atoms with Gasteiger partial charge in [-0.05, 0) is 19.3 Å². The first-order valence-electron chi connectivity index (χ1n) is 6.70. The van der Waals surface area contributed by atoms with Crippen LogP contribution in [0.4, 0.5) is 0 Å². The van der Waals surface area contributed by atoms with E-state index in [1.165, 1.54) is 0 Å². The molecular formula is C12H22N2O4S. The Bertz CT molecular complexity index is 437. The summed E-state index contributed by atoms with van der Waals surface area (Å²) in [5.74, 6) is -0.303. The van der Waals surface area contributed by atoms with Gasteiger partial charge in [-0.3, -0.25) is 4.79 Å². The van der Waals surface area contributed by atoms with Crippen molar-refractivity contribution in [2.75, 3.05) is 31.7 Å². The van der Waals surface area contributed by atoms with Crippen LogP contribution in [0.5, 0.6) is 0 Å². The molecule has 6 nitrogen and oxygen atoms in total. The zero-order valence-corrected chi connectivity index (χ0v) is 12.1. The molecule has 0 bridgehead atoms. The van der Waals surface area contributed by atoms with Gasteiger partial charge in [-0.25, -0.2) is 8.42 Å². The van der Waals surface area contributed by atoms with Crippen molar-refractivity contribution in [2.24, 2.45) is 11.7 Å². The number of nitrogens with two attached hydrogens (primary N) is 1. The number of sulfone groups is 1. The Balaban J connectivity index is 2.02. The van der Waals surface area contributed by atoms with E-state index in [1.54, 1.807) is 12.0 Å². The minimum Gasteiger partial charge on any atom is -0.381 e. The maximum absolute atomic E-state index is 12.4. The molecule has 0 aliphatic carbocycles. The molecule has 1 amide bonds. The third kappa shape index (κ3) is 3.27. The van der Waals surface area contributed by atoms with Gasteiger partial charge in [-0.1, -0.05) is 0 Å². The Labute approximate surface area is 114 Å². The number of amides is 1. The molecule has 2 saturated heterocycles. The Morgan fingerprint density at radius 3 is 2.68 bits per heavy atom. The molecule has 2 fully saturated rings. The summed E-state index contributed by atoms with van der Waals surface area (Å²) in [4.78, 5) is 14.2. The second-order valence-electron chi connectivity index (χ2n) is 5.40. The van der Waals surface area contributed by atoms with Gasteiger partial charge in [-0.15, -0.1) is 0 Å². The number of hydrogen-bond donors (Lipinski definition) is 1. The van der Waals surface area contributed by atoms with Gasteiger partial charge in [-0.2, -0.15) is 0 Å². The molecule has 0 aromatic carbocycles. The van der Waals surface area contributed by atoms with Crippen LogP contribution >= 0.6 is 0 Å². The highest BCUT2D eigenvalue weighted by atomic mass is 32.2. The van der Waals surface area contributed by atoms with E-state index in [1.807, 2.05) is 0 Å². The molecule has 0 saturated carbocycles. The Morgan fingerprint density at radius 1 is 1.42 bits per heavy atom. The molecule has 0 aromatic rings. The van der Waals surface area contributed by atoms with E-state index in [0.29, 0.717) is 19.5 Å². The molecule has 2 aliphatic heterocycles. The van der Waals surface area contributed by atoms with Crippen molar-refractivity contribution < 1.29 is 17.9 Å². The lowest BCUT2D eigenvalue weighted by molar-refractivity contribution is -0.140. The van der Waals surface area contributed by atoms with E-state index in [4.69, 9.17) is 10.5 Å². The first-order valence-corrected chi connectivity index (χ1v) is 8.52. The average Bonchev–Trinajstić information content (AvgIpc) is 2.77. The highest BCUT2D eigenvalue weighted by Gasteiger charge is 2.39. The monoisotopic (exact) mass is 290 g/mol. The molecule has 3 atom stereocenters. The van der Waals surface area contributed by atoms with Gasteiger partial charge in [0.2, 0.25) is 5.91 Å². The summed E-state index contributed by atoms with van der Waals surface area (Å²) in [7, 11) is -1.36. The van der Waals surface area contributed by atoms with E-state index in [-0.39, 0.29) is 35.5 Å². The molecule has 110 valence electrons. The summed E-state index contributed by atoms with van der Waals surface area (Å²) >= 11 is 0. The van der Waals surface area contributed by atoms with E-state index < -0.39 is 9.84 Å². The van der Waals surface area contributed by atoms with Crippen molar-refractivity contribution in [3.8, 4) is 0 Å². The predicted molar refractivity (Wildman–Crippen MR) is 71.3 cm³/mol. The Kier molecular flexibility index (Phi) is 4.47. The zero-order chi connectivity index (χ0) is 14.0. The lowest BCUT2D eigenvalue weighted by Crippen LogP contribution is -2.53. The lowest BCUT2D eigenvalue weighted by Gasteiger charge is -2.39. The molecule has 2 aliphatic rings. The Hall–Kier alpha value is -0.660. The fourth-order valence-corrected chi connectivity index (χ4v) is 4.70. The highest BCUT2D eigenvalue weighted by Crippen LogP contribution is 2.26. The molecule has 0 spiro atoms. The van der Waals surface area contributed by atoms with Crippen molar-refractivity contribution >= 4 is 15.7 Å². The van der Waals surface area contributed by atoms with Crippen molar-refractivity contribution in [1.82, 2.24) is 4.90 Å². The van der Waals surface area contributed by atoms with E-state index in [0.717, 1.165) is 12.8 Å². The number of likely N-dealkylation sites (tertiary alicyclic amines) is 1. The number of methoxy groups -OCH3 is 1. The van der Waals surface area contributed by atoms with Crippen LogP contribution in [0, 0.1) is 5.92 Å². The second-order valence-corrected chi connectivity index (χ2v) is 7.63. The van der Waals surface area contributed by atoms with Crippen LogP contribution < -0.4 is 5.73 Å². The number of carbonyl (C=O) groups is 1. The fraction of sp³-hybridized carbons (Fsp3) is 0.917. The first kappa shape index (κ1) is 14.7. The van der Waals surface area contributed by atoms with Gasteiger partial charge in [0.25, 0.3) is 0 Å². The maximum atomic E-state index is 12.4. The molecule has 3 unspecified atom stereocenters. The fourth-order valence-electron chi connectivity index (χ4n) is 2.97. The number of hydrogen-bond acceptors (Lipinski definition) is 5. The number of rotatable bonds is 3. The van der Waals surface area contributed by atoms with E-state index in [2.05, 4.69) is 0 Å². The Morgan fingerprint density at radius 2 is 2.16 bits per heavy atom. The van der Waals surface area contributed by atoms with Crippen molar-refractivity contribution in [3.05, 3.63) is 0 Å². The molecule has 19 heavy (non-hydrogen) atoms. The molecule has 2 rings (SSSR count). The minimum absolute atomic E-state index is 0.00662. The minimum atomic E-state index is -3.02. The molecule has 7 heteroatoms. The maximum Gasteiger partial charge on any atom is 0.227 e. The SMILES string of the molecule is COC1CCN(C(=O)C2CCS(=O)(=O)C2)C(CN)C1. The van der Waals surface area contributed by atoms with Crippen molar-refractivity contribution in [1.29, 1.82) is 0 Å². The highest BCUT2D eigenvalue weighted by molar-refractivity contribution is 7.91. The molecule has 0 aromatic heterocycles. The zero-order valence-electron chi connectivity index (χ0n) is 11.2. The van der Waals surface area contributed by atoms with Gasteiger partial charge in [0.15, 0.2) is 9.84 Å². The summed E-state index contributed by atoms with van der Waals surface area (Å²) in [6, 6.07) is -0.0329. The predicted octanol–water partition coefficient (Wildman–Crippen LogP) is -0.614.